The highest BCUT2D eigenvalue weighted by atomic mass is 32.2. The van der Waals surface area contributed by atoms with Gasteiger partial charge in [0, 0.05) is 19.7 Å². The molecule has 1 fully saturated rings. The highest BCUT2D eigenvalue weighted by Crippen LogP contribution is 2.25. The summed E-state index contributed by atoms with van der Waals surface area (Å²) in [6.07, 6.45) is 8.86. The van der Waals surface area contributed by atoms with Gasteiger partial charge in [0.15, 0.2) is 0 Å². The van der Waals surface area contributed by atoms with Crippen LogP contribution in [0.3, 0.4) is 0 Å². The molecule has 0 bridgehead atoms. The number of aromatic carboxylic acids is 1. The van der Waals surface area contributed by atoms with Crippen LogP contribution in [-0.4, -0.2) is 49.6 Å². The van der Waals surface area contributed by atoms with E-state index in [4.69, 9.17) is 9.84 Å². The van der Waals surface area contributed by atoms with E-state index in [0.29, 0.717) is 25.6 Å². The van der Waals surface area contributed by atoms with E-state index in [-0.39, 0.29) is 16.6 Å². The molecule has 2 aliphatic rings. The first-order valence-electron chi connectivity index (χ1n) is 9.07. The van der Waals surface area contributed by atoms with Crippen molar-refractivity contribution in [2.24, 2.45) is 5.92 Å². The normalized spacial score (nSPS) is 23.4. The van der Waals surface area contributed by atoms with Crippen LogP contribution in [0.4, 0.5) is 0 Å². The Labute approximate surface area is 154 Å². The molecule has 2 atom stereocenters. The molecule has 0 saturated carbocycles. The van der Waals surface area contributed by atoms with Gasteiger partial charge in [0.25, 0.3) is 0 Å². The van der Waals surface area contributed by atoms with Crippen LogP contribution in [0.1, 0.15) is 42.5 Å². The largest absolute Gasteiger partial charge is 0.478 e. The van der Waals surface area contributed by atoms with Gasteiger partial charge < -0.3 is 9.84 Å². The molecular weight excluding hydrogens is 354 g/mol. The number of carboxylic acids is 1. The van der Waals surface area contributed by atoms with Crippen molar-refractivity contribution in [3.8, 4) is 0 Å². The Morgan fingerprint density at radius 1 is 1.15 bits per heavy atom. The molecule has 1 aromatic rings. The van der Waals surface area contributed by atoms with Gasteiger partial charge in [-0.1, -0.05) is 12.2 Å². The van der Waals surface area contributed by atoms with E-state index in [1.807, 2.05) is 0 Å². The molecular formula is C19H25NO5S. The van der Waals surface area contributed by atoms with Gasteiger partial charge in [-0.15, -0.1) is 0 Å². The minimum Gasteiger partial charge on any atom is -0.478 e. The lowest BCUT2D eigenvalue weighted by molar-refractivity contribution is 0.0696. The molecule has 3 rings (SSSR count). The maximum absolute atomic E-state index is 13.2. The van der Waals surface area contributed by atoms with Crippen LogP contribution in [0.15, 0.2) is 41.3 Å². The molecule has 0 unspecified atom stereocenters. The first kappa shape index (κ1) is 19.1. The number of rotatable bonds is 7. The third-order valence-corrected chi connectivity index (χ3v) is 6.86. The van der Waals surface area contributed by atoms with Crippen LogP contribution in [0.2, 0.25) is 0 Å². The predicted octanol–water partition coefficient (Wildman–Crippen LogP) is 2.91. The van der Waals surface area contributed by atoms with Crippen molar-refractivity contribution in [2.75, 3.05) is 19.7 Å². The molecule has 0 spiro atoms. The van der Waals surface area contributed by atoms with Gasteiger partial charge in [-0.25, -0.2) is 13.2 Å². The molecule has 1 aromatic carbocycles. The Balaban J connectivity index is 1.82. The van der Waals surface area contributed by atoms with Crippen molar-refractivity contribution in [2.45, 2.75) is 43.1 Å². The molecule has 0 amide bonds. The van der Waals surface area contributed by atoms with Crippen LogP contribution in [0, 0.1) is 5.92 Å². The maximum atomic E-state index is 13.2. The molecule has 142 valence electrons. The summed E-state index contributed by atoms with van der Waals surface area (Å²) in [4.78, 5) is 11.1. The third-order valence-electron chi connectivity index (χ3n) is 5.01. The monoisotopic (exact) mass is 379 g/mol. The molecule has 6 nitrogen and oxygen atoms in total. The van der Waals surface area contributed by atoms with E-state index in [2.05, 4.69) is 12.2 Å². The minimum atomic E-state index is -3.69. The highest BCUT2D eigenvalue weighted by molar-refractivity contribution is 7.89. The second-order valence-corrected chi connectivity index (χ2v) is 8.87. The van der Waals surface area contributed by atoms with Gasteiger partial charge >= 0.3 is 5.97 Å². The van der Waals surface area contributed by atoms with Crippen molar-refractivity contribution in [1.82, 2.24) is 4.31 Å². The highest BCUT2D eigenvalue weighted by Gasteiger charge is 2.31. The van der Waals surface area contributed by atoms with E-state index in [9.17, 15) is 13.2 Å². The fourth-order valence-electron chi connectivity index (χ4n) is 3.51. The Hall–Kier alpha value is -1.70. The first-order chi connectivity index (χ1) is 12.5. The zero-order chi connectivity index (χ0) is 18.6. The lowest BCUT2D eigenvalue weighted by Gasteiger charge is -2.29. The maximum Gasteiger partial charge on any atom is 0.335 e. The molecule has 1 aliphatic carbocycles. The van der Waals surface area contributed by atoms with Gasteiger partial charge in [-0.3, -0.25) is 0 Å². The van der Waals surface area contributed by atoms with Crippen LogP contribution in [0.25, 0.3) is 0 Å². The third kappa shape index (κ3) is 4.52. The average Bonchev–Trinajstić information content (AvgIpc) is 3.15. The van der Waals surface area contributed by atoms with Crippen LogP contribution in [0.5, 0.6) is 0 Å². The second kappa shape index (κ2) is 8.33. The summed E-state index contributed by atoms with van der Waals surface area (Å²) < 4.78 is 33.5. The van der Waals surface area contributed by atoms with Gasteiger partial charge in [0.2, 0.25) is 10.0 Å². The number of hydrogen-bond acceptors (Lipinski definition) is 4. The number of ether oxygens (including phenoxy) is 1. The Bertz CT molecular complexity index is 751. The summed E-state index contributed by atoms with van der Waals surface area (Å²) in [6, 6.07) is 5.43. The molecule has 1 N–H and O–H groups in total. The predicted molar refractivity (Wildman–Crippen MR) is 97.6 cm³/mol. The number of carboxylic acid groups (broad SMARTS) is 1. The standard InChI is InChI=1S/C19H25NO5S/c21-19(22)16-8-10-18(11-9-16)26(23,24)20(14-17-7-4-12-25-17)13-15-5-2-1-3-6-15/h1-2,8-11,15,17H,3-7,12-14H2,(H,21,22)/t15-,17+/m0/s1. The van der Waals surface area contributed by atoms with Crippen molar-refractivity contribution >= 4 is 16.0 Å². The van der Waals surface area contributed by atoms with Crippen molar-refractivity contribution < 1.29 is 23.1 Å². The van der Waals surface area contributed by atoms with Crippen molar-refractivity contribution in [1.29, 1.82) is 0 Å². The topological polar surface area (TPSA) is 83.9 Å². The van der Waals surface area contributed by atoms with Gasteiger partial charge in [0.1, 0.15) is 0 Å². The number of sulfonamides is 1. The molecule has 1 heterocycles. The zero-order valence-electron chi connectivity index (χ0n) is 14.7. The Kier molecular flexibility index (Phi) is 6.11. The quantitative estimate of drug-likeness (QED) is 0.737. The first-order valence-corrected chi connectivity index (χ1v) is 10.5. The van der Waals surface area contributed by atoms with Crippen LogP contribution >= 0.6 is 0 Å². The molecule has 7 heteroatoms. The number of hydrogen-bond donors (Lipinski definition) is 1. The Morgan fingerprint density at radius 3 is 2.50 bits per heavy atom. The molecule has 26 heavy (non-hydrogen) atoms. The van der Waals surface area contributed by atoms with Gasteiger partial charge in [0.05, 0.1) is 16.6 Å². The fraction of sp³-hybridized carbons (Fsp3) is 0.526. The number of nitrogens with zero attached hydrogens (tertiary/aromatic N) is 1. The molecule has 0 aromatic heterocycles. The summed E-state index contributed by atoms with van der Waals surface area (Å²) in [5.74, 6) is -0.770. The summed E-state index contributed by atoms with van der Waals surface area (Å²) in [5, 5.41) is 9.01. The van der Waals surface area contributed by atoms with Crippen LogP contribution < -0.4 is 0 Å². The van der Waals surface area contributed by atoms with E-state index in [0.717, 1.165) is 32.1 Å². The molecule has 0 radical (unpaired) electrons. The van der Waals surface area contributed by atoms with E-state index >= 15 is 0 Å². The van der Waals surface area contributed by atoms with Crippen LogP contribution in [-0.2, 0) is 14.8 Å². The lowest BCUT2D eigenvalue weighted by Crippen LogP contribution is -2.40. The fourth-order valence-corrected chi connectivity index (χ4v) is 5.06. The number of carbonyl (C=O) groups is 1. The van der Waals surface area contributed by atoms with Crippen molar-refractivity contribution in [3.05, 3.63) is 42.0 Å². The number of allylic oxidation sites excluding steroid dienone is 2. The Morgan fingerprint density at radius 2 is 1.92 bits per heavy atom. The summed E-state index contributed by atoms with van der Waals surface area (Å²) in [5.41, 5.74) is 0.0760. The second-order valence-electron chi connectivity index (χ2n) is 6.94. The van der Waals surface area contributed by atoms with Crippen molar-refractivity contribution in [3.63, 3.8) is 0 Å². The molecule has 1 saturated heterocycles. The average molecular weight is 379 g/mol. The minimum absolute atomic E-state index is 0.0674. The van der Waals surface area contributed by atoms with E-state index < -0.39 is 16.0 Å². The zero-order valence-corrected chi connectivity index (χ0v) is 15.5. The molecule has 1 aliphatic heterocycles. The van der Waals surface area contributed by atoms with Gasteiger partial charge in [-0.2, -0.15) is 4.31 Å². The summed E-state index contributed by atoms with van der Waals surface area (Å²) in [7, 11) is -3.69. The lowest BCUT2D eigenvalue weighted by atomic mass is 9.94. The summed E-state index contributed by atoms with van der Waals surface area (Å²) >= 11 is 0. The SMILES string of the molecule is O=C(O)c1ccc(S(=O)(=O)N(C[C@H]2CC=CCC2)C[C@H]2CCCO2)cc1. The smallest absolute Gasteiger partial charge is 0.335 e. The van der Waals surface area contributed by atoms with E-state index in [1.54, 1.807) is 0 Å². The number of benzene rings is 1. The van der Waals surface area contributed by atoms with Gasteiger partial charge in [-0.05, 0) is 62.3 Å². The van der Waals surface area contributed by atoms with E-state index in [1.165, 1.54) is 28.6 Å². The summed E-state index contributed by atoms with van der Waals surface area (Å²) in [6.45, 7) is 1.49.